The number of hydrogen-bond acceptors (Lipinski definition) is 6. The van der Waals surface area contributed by atoms with E-state index in [-0.39, 0.29) is 18.7 Å². The molecule has 7 nitrogen and oxygen atoms in total. The average molecular weight is 384 g/mol. The number of ether oxygens (including phenoxy) is 1. The number of aromatic nitrogens is 2. The number of fused-ring (bicyclic) bond motifs is 1. The number of benzene rings is 1. The van der Waals surface area contributed by atoms with E-state index in [9.17, 15) is 15.0 Å². The first-order valence-electron chi connectivity index (χ1n) is 9.65. The Morgan fingerprint density at radius 2 is 2.07 bits per heavy atom. The topological polar surface area (TPSA) is 97.7 Å². The molecule has 2 aromatic heterocycles. The lowest BCUT2D eigenvalue weighted by molar-refractivity contribution is -0.0457. The number of nitrogens with zero attached hydrogens (tertiary/aromatic N) is 2. The molecule has 7 heteroatoms. The van der Waals surface area contributed by atoms with Crippen LogP contribution in [0.2, 0.25) is 0 Å². The minimum absolute atomic E-state index is 0.224. The molecule has 0 spiro atoms. The smallest absolute Gasteiger partial charge is 0.353 e. The number of aliphatic hydroxyl groups is 2. The maximum absolute atomic E-state index is 12.4. The van der Waals surface area contributed by atoms with Crippen LogP contribution in [0.3, 0.4) is 0 Å². The zero-order valence-corrected chi connectivity index (χ0v) is 15.7. The molecule has 3 heterocycles. The van der Waals surface area contributed by atoms with Crippen molar-refractivity contribution in [1.82, 2.24) is 9.55 Å². The minimum Gasteiger partial charge on any atom is -0.437 e. The second kappa shape index (κ2) is 7.87. The van der Waals surface area contributed by atoms with Crippen LogP contribution < -0.4 is 5.69 Å². The summed E-state index contributed by atoms with van der Waals surface area (Å²) in [5.41, 5.74) is 1.96. The first-order valence-corrected chi connectivity index (χ1v) is 9.65. The van der Waals surface area contributed by atoms with E-state index in [4.69, 9.17) is 9.15 Å². The molecule has 0 aliphatic carbocycles. The molecular formula is C21H24N2O5. The summed E-state index contributed by atoms with van der Waals surface area (Å²) in [6, 6.07) is 10.0. The van der Waals surface area contributed by atoms with Crippen LogP contribution in [0.15, 0.2) is 45.7 Å². The number of furan rings is 1. The minimum atomic E-state index is -0.816. The standard InChI is InChI=1S/C21H24N2O5/c1-2-3-4-13-5-7-14(8-6-13)17-9-15-11-23(21(26)22-20(15)28-17)19-10-16(25)18(12-24)27-19/h5-9,11,16,18-19,24-25H,2-4,10,12H2,1H3. The lowest BCUT2D eigenvalue weighted by Gasteiger charge is -2.13. The van der Waals surface area contributed by atoms with Crippen LogP contribution >= 0.6 is 0 Å². The third kappa shape index (κ3) is 3.61. The number of hydrogen-bond donors (Lipinski definition) is 2. The molecule has 148 valence electrons. The van der Waals surface area contributed by atoms with E-state index >= 15 is 0 Å². The molecule has 0 saturated carbocycles. The first kappa shape index (κ1) is 18.9. The van der Waals surface area contributed by atoms with Crippen LogP contribution in [0.5, 0.6) is 0 Å². The van der Waals surface area contributed by atoms with Gasteiger partial charge in [-0.25, -0.2) is 4.79 Å². The fraction of sp³-hybridized carbons (Fsp3) is 0.429. The molecule has 3 atom stereocenters. The molecular weight excluding hydrogens is 360 g/mol. The summed E-state index contributed by atoms with van der Waals surface area (Å²) in [5.74, 6) is 0.641. The molecule has 28 heavy (non-hydrogen) atoms. The van der Waals surface area contributed by atoms with Crippen LogP contribution in [0.4, 0.5) is 0 Å². The second-order valence-electron chi connectivity index (χ2n) is 7.22. The number of aryl methyl sites for hydroxylation is 1. The molecule has 1 aliphatic heterocycles. The monoisotopic (exact) mass is 384 g/mol. The van der Waals surface area contributed by atoms with Crippen LogP contribution in [0, 0.1) is 0 Å². The van der Waals surface area contributed by atoms with E-state index in [1.54, 1.807) is 6.20 Å². The number of unbranched alkanes of at least 4 members (excludes halogenated alkanes) is 1. The Hall–Kier alpha value is -2.48. The maximum Gasteiger partial charge on any atom is 0.353 e. The van der Waals surface area contributed by atoms with E-state index in [1.807, 2.05) is 18.2 Å². The predicted molar refractivity (Wildman–Crippen MR) is 104 cm³/mol. The van der Waals surface area contributed by atoms with E-state index in [2.05, 4.69) is 24.0 Å². The van der Waals surface area contributed by atoms with Gasteiger partial charge in [0.25, 0.3) is 0 Å². The van der Waals surface area contributed by atoms with Crippen LogP contribution in [-0.4, -0.2) is 38.6 Å². The molecule has 2 N–H and O–H groups in total. The van der Waals surface area contributed by atoms with Gasteiger partial charge in [0.2, 0.25) is 5.71 Å². The Morgan fingerprint density at radius 1 is 1.29 bits per heavy atom. The van der Waals surface area contributed by atoms with E-state index in [0.717, 1.165) is 24.8 Å². The van der Waals surface area contributed by atoms with Gasteiger partial charge in [-0.15, -0.1) is 0 Å². The van der Waals surface area contributed by atoms with Crippen LogP contribution in [0.1, 0.15) is 38.0 Å². The zero-order valence-electron chi connectivity index (χ0n) is 15.7. The highest BCUT2D eigenvalue weighted by Crippen LogP contribution is 2.30. The van der Waals surface area contributed by atoms with Crippen molar-refractivity contribution in [3.8, 4) is 11.3 Å². The van der Waals surface area contributed by atoms with Crippen LogP contribution in [-0.2, 0) is 11.2 Å². The molecule has 0 amide bonds. The Labute approximate surface area is 162 Å². The predicted octanol–water partition coefficient (Wildman–Crippen LogP) is 2.64. The summed E-state index contributed by atoms with van der Waals surface area (Å²) in [4.78, 5) is 16.4. The summed E-state index contributed by atoms with van der Waals surface area (Å²) < 4.78 is 12.7. The summed E-state index contributed by atoms with van der Waals surface area (Å²) in [6.45, 7) is 1.87. The fourth-order valence-corrected chi connectivity index (χ4v) is 3.54. The normalized spacial score (nSPS) is 22.2. The molecule has 0 bridgehead atoms. The van der Waals surface area contributed by atoms with Gasteiger partial charge in [0.05, 0.1) is 18.1 Å². The Balaban J connectivity index is 1.62. The summed E-state index contributed by atoms with van der Waals surface area (Å²) in [7, 11) is 0. The summed E-state index contributed by atoms with van der Waals surface area (Å²) in [5, 5.41) is 19.8. The van der Waals surface area contributed by atoms with Gasteiger partial charge >= 0.3 is 5.69 Å². The van der Waals surface area contributed by atoms with Gasteiger partial charge in [-0.3, -0.25) is 4.57 Å². The quantitative estimate of drug-likeness (QED) is 0.678. The van der Waals surface area contributed by atoms with Crippen molar-refractivity contribution in [3.63, 3.8) is 0 Å². The van der Waals surface area contributed by atoms with Crippen molar-refractivity contribution in [2.24, 2.45) is 0 Å². The van der Waals surface area contributed by atoms with Crippen molar-refractivity contribution in [3.05, 3.63) is 52.6 Å². The van der Waals surface area contributed by atoms with Gasteiger partial charge < -0.3 is 19.4 Å². The zero-order chi connectivity index (χ0) is 19.7. The average Bonchev–Trinajstić information content (AvgIpc) is 3.28. The SMILES string of the molecule is CCCCc1ccc(-c2cc3cn(C4CC(O)C(CO)O4)c(=O)nc3o2)cc1. The van der Waals surface area contributed by atoms with Gasteiger partial charge in [-0.2, -0.15) is 4.98 Å². The van der Waals surface area contributed by atoms with Crippen molar-refractivity contribution in [2.75, 3.05) is 6.61 Å². The molecule has 3 unspecified atom stereocenters. The third-order valence-electron chi connectivity index (χ3n) is 5.19. The fourth-order valence-electron chi connectivity index (χ4n) is 3.54. The summed E-state index contributed by atoms with van der Waals surface area (Å²) >= 11 is 0. The van der Waals surface area contributed by atoms with Gasteiger partial charge in [-0.1, -0.05) is 37.6 Å². The Morgan fingerprint density at radius 3 is 2.75 bits per heavy atom. The van der Waals surface area contributed by atoms with E-state index < -0.39 is 24.1 Å². The summed E-state index contributed by atoms with van der Waals surface area (Å²) in [6.07, 6.45) is 3.06. The Kier molecular flexibility index (Phi) is 5.30. The highest BCUT2D eigenvalue weighted by molar-refractivity contribution is 5.79. The van der Waals surface area contributed by atoms with Gasteiger partial charge in [-0.05, 0) is 24.5 Å². The van der Waals surface area contributed by atoms with Crippen molar-refractivity contribution in [2.45, 2.75) is 51.0 Å². The first-order chi connectivity index (χ1) is 13.6. The number of rotatable bonds is 6. The van der Waals surface area contributed by atoms with Crippen molar-refractivity contribution >= 4 is 11.1 Å². The van der Waals surface area contributed by atoms with Gasteiger partial charge in [0.1, 0.15) is 18.1 Å². The Bertz CT molecular complexity index is 1010. The van der Waals surface area contributed by atoms with E-state index in [0.29, 0.717) is 11.1 Å². The molecule has 3 aromatic rings. The lowest BCUT2D eigenvalue weighted by atomic mass is 10.1. The van der Waals surface area contributed by atoms with E-state index in [1.165, 1.54) is 10.1 Å². The van der Waals surface area contributed by atoms with Crippen molar-refractivity contribution in [1.29, 1.82) is 0 Å². The highest BCUT2D eigenvalue weighted by atomic mass is 16.5. The molecule has 1 saturated heterocycles. The number of aliphatic hydroxyl groups excluding tert-OH is 2. The van der Waals surface area contributed by atoms with Gasteiger partial charge in [0, 0.05) is 18.2 Å². The maximum atomic E-state index is 12.4. The third-order valence-corrected chi connectivity index (χ3v) is 5.19. The van der Waals surface area contributed by atoms with Gasteiger partial charge in [0.15, 0.2) is 0 Å². The lowest BCUT2D eigenvalue weighted by Crippen LogP contribution is -2.27. The molecule has 0 radical (unpaired) electrons. The van der Waals surface area contributed by atoms with Crippen molar-refractivity contribution < 1.29 is 19.4 Å². The molecule has 1 fully saturated rings. The molecule has 1 aliphatic rings. The molecule has 4 rings (SSSR count). The van der Waals surface area contributed by atoms with Crippen LogP contribution in [0.25, 0.3) is 22.4 Å². The second-order valence-corrected chi connectivity index (χ2v) is 7.22. The molecule has 1 aromatic carbocycles. The largest absolute Gasteiger partial charge is 0.437 e. The highest BCUT2D eigenvalue weighted by Gasteiger charge is 2.35.